The highest BCUT2D eigenvalue weighted by Crippen LogP contribution is 2.13. The van der Waals surface area contributed by atoms with Gasteiger partial charge in [0.15, 0.2) is 18.9 Å². The number of ether oxygens (including phenoxy) is 1. The molecule has 1 heterocycles. The summed E-state index contributed by atoms with van der Waals surface area (Å²) in [5, 5.41) is 0. The molecule has 1 unspecified atom stereocenters. The summed E-state index contributed by atoms with van der Waals surface area (Å²) in [5.41, 5.74) is 2.38. The normalized spacial score (nSPS) is 15.0. The van der Waals surface area contributed by atoms with E-state index in [1.807, 2.05) is 29.0 Å². The summed E-state index contributed by atoms with van der Waals surface area (Å²) in [7, 11) is -4.77. The van der Waals surface area contributed by atoms with Gasteiger partial charge in [0.25, 0.3) is 0 Å². The van der Waals surface area contributed by atoms with Gasteiger partial charge in [-0.15, -0.1) is 0 Å². The van der Waals surface area contributed by atoms with Crippen molar-refractivity contribution in [2.24, 2.45) is 0 Å². The van der Waals surface area contributed by atoms with Crippen molar-refractivity contribution >= 4 is 16.6 Å². The highest BCUT2D eigenvalue weighted by Gasteiger charge is 2.23. The second-order valence-electron chi connectivity index (χ2n) is 7.75. The van der Waals surface area contributed by atoms with Gasteiger partial charge in [-0.1, -0.05) is 70.1 Å². The van der Waals surface area contributed by atoms with E-state index in [1.165, 1.54) is 44.1 Å². The SMILES string of the molecule is CCCCCCCCCCOCC(C[N+]1=Cc2ccccc2CC1)OS(=O)(=O)[O-]. The fraction of sp³-hybridized carbons (Fsp3) is 0.682. The third-order valence-electron chi connectivity index (χ3n) is 5.18. The Morgan fingerprint density at radius 2 is 1.76 bits per heavy atom. The quantitative estimate of drug-likeness (QED) is 0.185. The molecule has 0 spiro atoms. The van der Waals surface area contributed by atoms with Gasteiger partial charge < -0.3 is 9.29 Å². The fourth-order valence-electron chi connectivity index (χ4n) is 3.65. The Bertz CT molecular complexity index is 732. The Morgan fingerprint density at radius 1 is 1.07 bits per heavy atom. The van der Waals surface area contributed by atoms with Gasteiger partial charge in [-0.05, 0) is 18.1 Å². The second-order valence-corrected chi connectivity index (χ2v) is 8.76. The van der Waals surface area contributed by atoms with Crippen molar-refractivity contribution in [3.63, 3.8) is 0 Å². The molecule has 2 rings (SSSR count). The van der Waals surface area contributed by atoms with Crippen molar-refractivity contribution in [1.29, 1.82) is 0 Å². The standard InChI is InChI=1S/C22H35NO5S/c1-2-3-4-5-6-7-8-11-16-27-19-22(28-29(24,25)26)18-23-15-14-20-12-9-10-13-21(20)17-23/h9-10,12-13,17,22H,2-8,11,14-16,18-19H2,1H3. The average molecular weight is 426 g/mol. The van der Waals surface area contributed by atoms with E-state index >= 15 is 0 Å². The first-order chi connectivity index (χ1) is 14.0. The molecule has 0 amide bonds. The zero-order valence-electron chi connectivity index (χ0n) is 17.6. The van der Waals surface area contributed by atoms with Crippen molar-refractivity contribution in [3.8, 4) is 0 Å². The smallest absolute Gasteiger partial charge is 0.218 e. The van der Waals surface area contributed by atoms with Crippen LogP contribution in [-0.2, 0) is 25.7 Å². The summed E-state index contributed by atoms with van der Waals surface area (Å²) < 4.78 is 45.7. The first kappa shape index (κ1) is 24.0. The highest BCUT2D eigenvalue weighted by molar-refractivity contribution is 7.80. The summed E-state index contributed by atoms with van der Waals surface area (Å²) >= 11 is 0. The maximum atomic E-state index is 11.1. The van der Waals surface area contributed by atoms with Gasteiger partial charge in [-0.3, -0.25) is 4.18 Å². The fourth-order valence-corrected chi connectivity index (χ4v) is 4.10. The van der Waals surface area contributed by atoms with Gasteiger partial charge in [-0.2, -0.15) is 0 Å². The molecule has 6 nitrogen and oxygen atoms in total. The molecule has 0 aromatic heterocycles. The summed E-state index contributed by atoms with van der Waals surface area (Å²) in [5.74, 6) is 0. The van der Waals surface area contributed by atoms with E-state index in [1.54, 1.807) is 0 Å². The second kappa shape index (κ2) is 13.1. The van der Waals surface area contributed by atoms with Crippen LogP contribution in [0.25, 0.3) is 0 Å². The van der Waals surface area contributed by atoms with E-state index in [-0.39, 0.29) is 6.61 Å². The largest absolute Gasteiger partial charge is 0.726 e. The van der Waals surface area contributed by atoms with Gasteiger partial charge in [0.2, 0.25) is 10.4 Å². The molecule has 1 aliphatic heterocycles. The van der Waals surface area contributed by atoms with Gasteiger partial charge in [0.1, 0.15) is 6.54 Å². The van der Waals surface area contributed by atoms with E-state index in [0.717, 1.165) is 31.4 Å². The number of unbranched alkanes of at least 4 members (excludes halogenated alkanes) is 7. The lowest BCUT2D eigenvalue weighted by Gasteiger charge is -2.20. The number of nitrogens with zero attached hydrogens (tertiary/aromatic N) is 1. The van der Waals surface area contributed by atoms with Gasteiger partial charge in [0, 0.05) is 18.6 Å². The van der Waals surface area contributed by atoms with Crippen LogP contribution in [0.1, 0.15) is 69.4 Å². The minimum absolute atomic E-state index is 0.101. The van der Waals surface area contributed by atoms with Crippen LogP contribution in [0.5, 0.6) is 0 Å². The van der Waals surface area contributed by atoms with Crippen LogP contribution >= 0.6 is 0 Å². The molecule has 29 heavy (non-hydrogen) atoms. The van der Waals surface area contributed by atoms with Gasteiger partial charge >= 0.3 is 0 Å². The Labute approximate surface area is 175 Å². The van der Waals surface area contributed by atoms with Crippen LogP contribution in [0, 0.1) is 0 Å². The Hall–Kier alpha value is -1.28. The predicted molar refractivity (Wildman–Crippen MR) is 113 cm³/mol. The zero-order valence-corrected chi connectivity index (χ0v) is 18.4. The van der Waals surface area contributed by atoms with E-state index in [2.05, 4.69) is 13.0 Å². The van der Waals surface area contributed by atoms with Crippen LogP contribution in [0.3, 0.4) is 0 Å². The lowest BCUT2D eigenvalue weighted by atomic mass is 10.0. The third kappa shape index (κ3) is 10.3. The molecule has 164 valence electrons. The number of hydrogen-bond donors (Lipinski definition) is 0. The maximum absolute atomic E-state index is 11.1. The molecule has 0 bridgehead atoms. The number of rotatable bonds is 15. The number of benzene rings is 1. The molecule has 1 aliphatic rings. The molecule has 7 heteroatoms. The van der Waals surface area contributed by atoms with Crippen LogP contribution in [0.15, 0.2) is 24.3 Å². The molecule has 0 aliphatic carbocycles. The first-order valence-electron chi connectivity index (χ1n) is 10.9. The van der Waals surface area contributed by atoms with Crippen molar-refractivity contribution in [3.05, 3.63) is 35.4 Å². The molecule has 0 radical (unpaired) electrons. The van der Waals surface area contributed by atoms with Crippen LogP contribution in [-0.4, -0.2) is 56.2 Å². The minimum Gasteiger partial charge on any atom is -0.726 e. The van der Waals surface area contributed by atoms with Crippen molar-refractivity contribution in [2.75, 3.05) is 26.3 Å². The third-order valence-corrected chi connectivity index (χ3v) is 5.69. The minimum atomic E-state index is -4.77. The van der Waals surface area contributed by atoms with Crippen molar-refractivity contribution in [1.82, 2.24) is 0 Å². The molecule has 1 aromatic rings. The van der Waals surface area contributed by atoms with Gasteiger partial charge in [-0.25, -0.2) is 13.0 Å². The molecule has 0 saturated heterocycles. The summed E-state index contributed by atoms with van der Waals surface area (Å²) in [6.45, 7) is 3.94. The molecule has 1 atom stereocenters. The van der Waals surface area contributed by atoms with E-state index in [4.69, 9.17) is 8.92 Å². The highest BCUT2D eigenvalue weighted by atomic mass is 32.3. The molecule has 0 N–H and O–H groups in total. The Kier molecular flexibility index (Phi) is 10.8. The van der Waals surface area contributed by atoms with Gasteiger partial charge in [0.05, 0.1) is 6.61 Å². The lowest BCUT2D eigenvalue weighted by Crippen LogP contribution is -2.36. The maximum Gasteiger partial charge on any atom is 0.218 e. The van der Waals surface area contributed by atoms with E-state index < -0.39 is 16.5 Å². The van der Waals surface area contributed by atoms with Crippen molar-refractivity contribution in [2.45, 2.75) is 70.8 Å². The van der Waals surface area contributed by atoms with Crippen LogP contribution in [0.4, 0.5) is 0 Å². The first-order valence-corrected chi connectivity index (χ1v) is 12.2. The molecule has 1 aromatic carbocycles. The molecule has 0 fully saturated rings. The van der Waals surface area contributed by atoms with E-state index in [9.17, 15) is 13.0 Å². The molecular weight excluding hydrogens is 390 g/mol. The Balaban J connectivity index is 1.72. The number of hydrogen-bond acceptors (Lipinski definition) is 5. The topological polar surface area (TPSA) is 78.7 Å². The average Bonchev–Trinajstić information content (AvgIpc) is 2.68. The number of fused-ring (bicyclic) bond motifs is 1. The monoisotopic (exact) mass is 425 g/mol. The summed E-state index contributed by atoms with van der Waals surface area (Å²) in [6, 6.07) is 8.10. The lowest BCUT2D eigenvalue weighted by molar-refractivity contribution is -0.532. The summed E-state index contributed by atoms with van der Waals surface area (Å²) in [6.07, 6.45) is 11.7. The molecular formula is C22H35NO5S. The molecule has 0 saturated carbocycles. The van der Waals surface area contributed by atoms with Crippen LogP contribution in [0.2, 0.25) is 0 Å². The predicted octanol–water partition coefficient (Wildman–Crippen LogP) is 3.68. The van der Waals surface area contributed by atoms with E-state index in [0.29, 0.717) is 13.2 Å². The zero-order chi connectivity index (χ0) is 21.0. The van der Waals surface area contributed by atoms with Crippen LogP contribution < -0.4 is 0 Å². The summed E-state index contributed by atoms with van der Waals surface area (Å²) in [4.78, 5) is 0. The Morgan fingerprint density at radius 3 is 2.48 bits per heavy atom. The van der Waals surface area contributed by atoms with Crippen molar-refractivity contribution < 1.29 is 26.5 Å².